The molecule has 1 N–H and O–H groups in total. The number of carbonyl (C=O) groups excluding carboxylic acids is 2. The third-order valence-corrected chi connectivity index (χ3v) is 6.02. The summed E-state index contributed by atoms with van der Waals surface area (Å²) in [4.78, 5) is 24.5. The van der Waals surface area contributed by atoms with Gasteiger partial charge in [-0.05, 0) is 44.0 Å². The summed E-state index contributed by atoms with van der Waals surface area (Å²) in [6, 6.07) is 6.98. The fourth-order valence-electron chi connectivity index (χ4n) is 2.36. The minimum absolute atomic E-state index is 0.249. The summed E-state index contributed by atoms with van der Waals surface area (Å²) in [7, 11) is 0. The van der Waals surface area contributed by atoms with E-state index in [1.165, 1.54) is 23.1 Å². The number of amides is 1. The molecule has 0 saturated heterocycles. The highest BCUT2D eigenvalue weighted by atomic mass is 32.2. The number of thioether (sulfide) groups is 1. The Bertz CT molecular complexity index is 780. The van der Waals surface area contributed by atoms with Gasteiger partial charge >= 0.3 is 5.97 Å². The fraction of sp³-hybridized carbons (Fsp3) is 0.500. The summed E-state index contributed by atoms with van der Waals surface area (Å²) < 4.78 is 11.3. The van der Waals surface area contributed by atoms with Crippen molar-refractivity contribution in [3.63, 3.8) is 0 Å². The topological polar surface area (TPSA) is 90.4 Å². The zero-order valence-corrected chi connectivity index (χ0v) is 18.6. The second kappa shape index (κ2) is 12.4. The Morgan fingerprint density at radius 1 is 1.14 bits per heavy atom. The minimum Gasteiger partial charge on any atom is -0.494 e. The standard InChI is InChI=1S/C20H27N3O4S2/c1-4-7-13-27-15-11-9-14(10-12-15)17(24)21-19-22-23-20(29-19)28-16(8-5-2)18(25)26-6-3/h9-12,16H,4-8,13H2,1-3H3,(H,21,22,24). The van der Waals surface area contributed by atoms with E-state index in [4.69, 9.17) is 9.47 Å². The van der Waals surface area contributed by atoms with E-state index in [0.717, 1.165) is 25.0 Å². The summed E-state index contributed by atoms with van der Waals surface area (Å²) in [6.07, 6.45) is 3.62. The van der Waals surface area contributed by atoms with Gasteiger partial charge in [-0.3, -0.25) is 14.9 Å². The lowest BCUT2D eigenvalue weighted by Crippen LogP contribution is -2.20. The molecule has 0 radical (unpaired) electrons. The normalized spacial score (nSPS) is 11.7. The fourth-order valence-corrected chi connectivity index (χ4v) is 4.46. The molecule has 9 heteroatoms. The quantitative estimate of drug-likeness (QED) is 0.221. The molecular weight excluding hydrogens is 410 g/mol. The van der Waals surface area contributed by atoms with Gasteiger partial charge in [0.1, 0.15) is 11.0 Å². The SMILES string of the molecule is CCCCOc1ccc(C(=O)Nc2nnc(SC(CCC)C(=O)OCC)s2)cc1. The molecule has 2 rings (SSSR count). The third kappa shape index (κ3) is 7.66. The average molecular weight is 438 g/mol. The van der Waals surface area contributed by atoms with Crippen molar-refractivity contribution in [3.8, 4) is 5.75 Å². The Morgan fingerprint density at radius 2 is 1.90 bits per heavy atom. The smallest absolute Gasteiger partial charge is 0.319 e. The maximum atomic E-state index is 12.4. The predicted molar refractivity (Wildman–Crippen MR) is 116 cm³/mol. The molecule has 0 spiro atoms. The largest absolute Gasteiger partial charge is 0.494 e. The van der Waals surface area contributed by atoms with E-state index in [9.17, 15) is 9.59 Å². The van der Waals surface area contributed by atoms with Crippen LogP contribution in [-0.2, 0) is 9.53 Å². The second-order valence-corrected chi connectivity index (χ2v) is 8.63. The first-order chi connectivity index (χ1) is 14.1. The molecule has 1 aromatic carbocycles. The Morgan fingerprint density at radius 3 is 2.55 bits per heavy atom. The Labute approximate surface area is 179 Å². The van der Waals surface area contributed by atoms with Crippen LogP contribution in [0.1, 0.15) is 56.8 Å². The van der Waals surface area contributed by atoms with Gasteiger partial charge in [0.2, 0.25) is 5.13 Å². The minimum atomic E-state index is -0.322. The molecule has 1 atom stereocenters. The number of rotatable bonds is 12. The lowest BCUT2D eigenvalue weighted by Gasteiger charge is -2.11. The van der Waals surface area contributed by atoms with Crippen LogP contribution in [0.25, 0.3) is 0 Å². The molecule has 1 aromatic heterocycles. The summed E-state index contributed by atoms with van der Waals surface area (Å²) >= 11 is 2.56. The molecule has 0 bridgehead atoms. The lowest BCUT2D eigenvalue weighted by atomic mass is 10.2. The van der Waals surface area contributed by atoms with Gasteiger partial charge in [0.25, 0.3) is 5.91 Å². The number of hydrogen-bond acceptors (Lipinski definition) is 8. The monoisotopic (exact) mass is 437 g/mol. The number of nitrogens with zero attached hydrogens (tertiary/aromatic N) is 2. The van der Waals surface area contributed by atoms with E-state index in [2.05, 4.69) is 22.4 Å². The van der Waals surface area contributed by atoms with Crippen molar-refractivity contribution < 1.29 is 19.1 Å². The number of nitrogens with one attached hydrogen (secondary N) is 1. The Balaban J connectivity index is 1.93. The van der Waals surface area contributed by atoms with Crippen molar-refractivity contribution in [2.45, 2.75) is 56.0 Å². The van der Waals surface area contributed by atoms with Gasteiger partial charge in [-0.25, -0.2) is 0 Å². The number of aromatic nitrogens is 2. The van der Waals surface area contributed by atoms with Gasteiger partial charge in [0, 0.05) is 5.56 Å². The van der Waals surface area contributed by atoms with E-state index >= 15 is 0 Å². The zero-order chi connectivity index (χ0) is 21.1. The molecule has 0 aliphatic carbocycles. The van der Waals surface area contributed by atoms with Gasteiger partial charge in [-0.2, -0.15) is 0 Å². The summed E-state index contributed by atoms with van der Waals surface area (Å²) in [5.41, 5.74) is 0.507. The van der Waals surface area contributed by atoms with Crippen LogP contribution < -0.4 is 10.1 Å². The summed E-state index contributed by atoms with van der Waals surface area (Å²) in [6.45, 7) is 6.92. The van der Waals surface area contributed by atoms with Crippen LogP contribution in [0.2, 0.25) is 0 Å². The van der Waals surface area contributed by atoms with Crippen LogP contribution in [0.3, 0.4) is 0 Å². The van der Waals surface area contributed by atoms with Crippen molar-refractivity contribution >= 4 is 40.1 Å². The molecule has 0 fully saturated rings. The van der Waals surface area contributed by atoms with Crippen LogP contribution in [0.4, 0.5) is 5.13 Å². The summed E-state index contributed by atoms with van der Waals surface area (Å²) in [5.74, 6) is 0.222. The Hall–Kier alpha value is -2.13. The van der Waals surface area contributed by atoms with Gasteiger partial charge in [-0.15, -0.1) is 10.2 Å². The van der Waals surface area contributed by atoms with E-state index in [0.29, 0.717) is 34.7 Å². The third-order valence-electron chi connectivity index (χ3n) is 3.85. The molecule has 29 heavy (non-hydrogen) atoms. The van der Waals surface area contributed by atoms with Crippen LogP contribution in [0, 0.1) is 0 Å². The molecular formula is C20H27N3O4S2. The van der Waals surface area contributed by atoms with Crippen molar-refractivity contribution in [2.75, 3.05) is 18.5 Å². The molecule has 0 aliphatic heterocycles. The number of hydrogen-bond donors (Lipinski definition) is 1. The van der Waals surface area contributed by atoms with E-state index in [1.54, 1.807) is 31.2 Å². The molecule has 1 heterocycles. The van der Waals surface area contributed by atoms with Crippen molar-refractivity contribution in [1.29, 1.82) is 0 Å². The van der Waals surface area contributed by atoms with Crippen molar-refractivity contribution in [2.24, 2.45) is 0 Å². The maximum Gasteiger partial charge on any atom is 0.319 e. The van der Waals surface area contributed by atoms with E-state index in [-0.39, 0.29) is 17.1 Å². The number of esters is 1. The first-order valence-corrected chi connectivity index (χ1v) is 11.5. The first kappa shape index (κ1) is 23.2. The number of carbonyl (C=O) groups is 2. The van der Waals surface area contributed by atoms with Crippen LogP contribution in [-0.4, -0.2) is 40.5 Å². The van der Waals surface area contributed by atoms with E-state index < -0.39 is 0 Å². The maximum absolute atomic E-state index is 12.4. The molecule has 158 valence electrons. The molecule has 7 nitrogen and oxygen atoms in total. The van der Waals surface area contributed by atoms with Crippen LogP contribution in [0.5, 0.6) is 5.75 Å². The van der Waals surface area contributed by atoms with E-state index in [1.807, 2.05) is 6.92 Å². The molecule has 2 aromatic rings. The highest BCUT2D eigenvalue weighted by Gasteiger charge is 2.22. The first-order valence-electron chi connectivity index (χ1n) is 9.78. The average Bonchev–Trinajstić information content (AvgIpc) is 3.15. The van der Waals surface area contributed by atoms with Crippen LogP contribution >= 0.6 is 23.1 Å². The Kier molecular flexibility index (Phi) is 9.93. The second-order valence-electron chi connectivity index (χ2n) is 6.20. The predicted octanol–water partition coefficient (Wildman–Crippen LogP) is 4.79. The van der Waals surface area contributed by atoms with Crippen molar-refractivity contribution in [3.05, 3.63) is 29.8 Å². The number of ether oxygens (including phenoxy) is 2. The highest BCUT2D eigenvalue weighted by molar-refractivity contribution is 8.02. The van der Waals surface area contributed by atoms with Crippen LogP contribution in [0.15, 0.2) is 28.6 Å². The molecule has 1 unspecified atom stereocenters. The lowest BCUT2D eigenvalue weighted by molar-refractivity contribution is -0.142. The number of anilines is 1. The zero-order valence-electron chi connectivity index (χ0n) is 17.0. The van der Waals surface area contributed by atoms with Crippen molar-refractivity contribution in [1.82, 2.24) is 10.2 Å². The molecule has 1 amide bonds. The molecule has 0 saturated carbocycles. The molecule has 0 aliphatic rings. The van der Waals surface area contributed by atoms with Gasteiger partial charge < -0.3 is 9.47 Å². The van der Waals surface area contributed by atoms with Gasteiger partial charge in [0.05, 0.1) is 13.2 Å². The van der Waals surface area contributed by atoms with Gasteiger partial charge in [-0.1, -0.05) is 49.8 Å². The van der Waals surface area contributed by atoms with Gasteiger partial charge in [0.15, 0.2) is 4.34 Å². The summed E-state index contributed by atoms with van der Waals surface area (Å²) in [5, 5.41) is 10.9. The number of unbranched alkanes of at least 4 members (excludes halogenated alkanes) is 1. The number of benzene rings is 1. The highest BCUT2D eigenvalue weighted by Crippen LogP contribution is 2.31.